The number of thiophene rings is 1. The molecular weight excluding hydrogens is 420 g/mol. The van der Waals surface area contributed by atoms with Crippen LogP contribution in [-0.4, -0.2) is 0 Å². The van der Waals surface area contributed by atoms with Crippen molar-refractivity contribution in [2.24, 2.45) is 7.05 Å². The van der Waals surface area contributed by atoms with Gasteiger partial charge in [-0.25, -0.2) is 4.57 Å². The lowest BCUT2D eigenvalue weighted by Crippen LogP contribution is -2.30. The number of pyridine rings is 1. The van der Waals surface area contributed by atoms with Crippen LogP contribution in [0.5, 0.6) is 0 Å². The van der Waals surface area contributed by atoms with Gasteiger partial charge in [-0.15, -0.1) is 11.3 Å². The average molecular weight is 442 g/mol. The summed E-state index contributed by atoms with van der Waals surface area (Å²) in [5.74, 6) is 0. The van der Waals surface area contributed by atoms with Gasteiger partial charge in [-0.05, 0) is 47.0 Å². The van der Waals surface area contributed by atoms with Crippen LogP contribution in [0.2, 0.25) is 0 Å². The Labute approximate surface area is 196 Å². The van der Waals surface area contributed by atoms with Crippen LogP contribution in [0.4, 0.5) is 0 Å². The van der Waals surface area contributed by atoms with E-state index >= 15 is 0 Å². The molecule has 2 aromatic heterocycles. The molecule has 0 radical (unpaired) electrons. The summed E-state index contributed by atoms with van der Waals surface area (Å²) in [6, 6.07) is 32.2. The predicted molar refractivity (Wildman–Crippen MR) is 138 cm³/mol. The quantitative estimate of drug-likeness (QED) is 0.255. The van der Waals surface area contributed by atoms with Crippen molar-refractivity contribution in [2.45, 2.75) is 6.92 Å². The Morgan fingerprint density at radius 2 is 1.48 bits per heavy atom. The number of aromatic nitrogens is 1. The molecule has 0 aliphatic rings. The highest BCUT2D eigenvalue weighted by molar-refractivity contribution is 7.27. The summed E-state index contributed by atoms with van der Waals surface area (Å²) in [7, 11) is 2.09. The summed E-state index contributed by atoms with van der Waals surface area (Å²) >= 11 is 1.80. The first-order valence-corrected chi connectivity index (χ1v) is 11.8. The molecule has 4 aromatic carbocycles. The number of benzene rings is 4. The summed E-state index contributed by atoms with van der Waals surface area (Å²) in [5, 5.41) is 14.8. The molecule has 0 N–H and O–H groups in total. The Morgan fingerprint density at radius 3 is 2.27 bits per heavy atom. The van der Waals surface area contributed by atoms with Crippen molar-refractivity contribution in [2.75, 3.05) is 0 Å². The van der Waals surface area contributed by atoms with E-state index in [1.165, 1.54) is 47.8 Å². The highest BCUT2D eigenvalue weighted by Crippen LogP contribution is 2.45. The highest BCUT2D eigenvalue weighted by atomic mass is 32.1. The van der Waals surface area contributed by atoms with Crippen LogP contribution in [-0.2, 0) is 7.05 Å². The number of rotatable bonds is 2. The Hall–Kier alpha value is -4.00. The lowest BCUT2D eigenvalue weighted by Gasteiger charge is -2.08. The standard InChI is InChI=1S/C30H21N2S/c1-19-10-14-24-25-15-13-23(18-31)28(22-12-11-20-7-3-4-8-21(20)17-22)30(25)33-29(24)27(19)26-9-5-6-16-32(26)2/h3-17H,1-2H3/q+1. The van der Waals surface area contributed by atoms with E-state index in [2.05, 4.69) is 110 Å². The zero-order chi connectivity index (χ0) is 22.5. The highest BCUT2D eigenvalue weighted by Gasteiger charge is 2.21. The van der Waals surface area contributed by atoms with Crippen molar-refractivity contribution in [3.05, 3.63) is 102 Å². The van der Waals surface area contributed by atoms with Gasteiger partial charge >= 0.3 is 0 Å². The third-order valence-corrected chi connectivity index (χ3v) is 7.74. The van der Waals surface area contributed by atoms with Gasteiger partial charge in [0.25, 0.3) is 0 Å². The van der Waals surface area contributed by atoms with Crippen molar-refractivity contribution < 1.29 is 4.57 Å². The summed E-state index contributed by atoms with van der Waals surface area (Å²) < 4.78 is 4.62. The van der Waals surface area contributed by atoms with Crippen LogP contribution < -0.4 is 4.57 Å². The second-order valence-electron chi connectivity index (χ2n) is 8.47. The monoisotopic (exact) mass is 441 g/mol. The fourth-order valence-electron chi connectivity index (χ4n) is 4.83. The summed E-state index contributed by atoms with van der Waals surface area (Å²) in [6.07, 6.45) is 2.09. The molecule has 33 heavy (non-hydrogen) atoms. The first-order valence-electron chi connectivity index (χ1n) is 11.0. The molecule has 156 valence electrons. The molecule has 0 saturated heterocycles. The molecule has 0 atom stereocenters. The molecule has 6 rings (SSSR count). The molecule has 2 heterocycles. The maximum atomic E-state index is 9.99. The number of nitriles is 1. The normalized spacial score (nSPS) is 11.3. The molecule has 6 aromatic rings. The third kappa shape index (κ3) is 3.03. The van der Waals surface area contributed by atoms with Gasteiger partial charge in [0, 0.05) is 37.9 Å². The number of fused-ring (bicyclic) bond motifs is 4. The van der Waals surface area contributed by atoms with Gasteiger partial charge in [0.15, 0.2) is 6.20 Å². The molecule has 0 saturated carbocycles. The first-order chi connectivity index (χ1) is 16.2. The second kappa shape index (κ2) is 7.55. The van der Waals surface area contributed by atoms with Crippen molar-refractivity contribution in [3.63, 3.8) is 0 Å². The van der Waals surface area contributed by atoms with Crippen LogP contribution in [0.15, 0.2) is 91.1 Å². The van der Waals surface area contributed by atoms with Gasteiger partial charge in [0.05, 0.1) is 17.2 Å². The third-order valence-electron chi connectivity index (χ3n) is 6.49. The largest absolute Gasteiger partial charge is 0.213 e. The van der Waals surface area contributed by atoms with Crippen LogP contribution >= 0.6 is 11.3 Å². The zero-order valence-corrected chi connectivity index (χ0v) is 19.3. The molecule has 0 aliphatic carbocycles. The van der Waals surface area contributed by atoms with E-state index in [9.17, 15) is 5.26 Å². The molecule has 2 nitrogen and oxygen atoms in total. The van der Waals surface area contributed by atoms with E-state index in [1.54, 1.807) is 11.3 Å². The molecular formula is C30H21N2S+. The topological polar surface area (TPSA) is 27.7 Å². The van der Waals surface area contributed by atoms with Gasteiger partial charge in [-0.1, -0.05) is 54.6 Å². The molecule has 0 aliphatic heterocycles. The van der Waals surface area contributed by atoms with Crippen molar-refractivity contribution in [3.8, 4) is 28.5 Å². The van der Waals surface area contributed by atoms with Gasteiger partial charge in [-0.3, -0.25) is 0 Å². The van der Waals surface area contributed by atoms with Gasteiger partial charge in [-0.2, -0.15) is 5.26 Å². The van der Waals surface area contributed by atoms with Crippen molar-refractivity contribution in [1.29, 1.82) is 5.26 Å². The van der Waals surface area contributed by atoms with E-state index < -0.39 is 0 Å². The van der Waals surface area contributed by atoms with E-state index in [-0.39, 0.29) is 0 Å². The minimum atomic E-state index is 0.716. The smallest absolute Gasteiger partial charge is 0.201 e. The van der Waals surface area contributed by atoms with E-state index in [1.807, 2.05) is 6.07 Å². The predicted octanol–water partition coefficient (Wildman–Crippen LogP) is 7.55. The minimum Gasteiger partial charge on any atom is -0.201 e. The van der Waals surface area contributed by atoms with Gasteiger partial charge in [0.2, 0.25) is 5.69 Å². The number of aryl methyl sites for hydroxylation is 2. The zero-order valence-electron chi connectivity index (χ0n) is 18.5. The van der Waals surface area contributed by atoms with Crippen molar-refractivity contribution >= 4 is 42.3 Å². The van der Waals surface area contributed by atoms with Crippen LogP contribution in [0.3, 0.4) is 0 Å². The van der Waals surface area contributed by atoms with Crippen molar-refractivity contribution in [1.82, 2.24) is 0 Å². The molecule has 0 unspecified atom stereocenters. The fourth-order valence-corrected chi connectivity index (χ4v) is 6.31. The SMILES string of the molecule is Cc1ccc2c(sc3c(-c4ccc5ccccc5c4)c(C#N)ccc32)c1-c1cccc[n+]1C. The summed E-state index contributed by atoms with van der Waals surface area (Å²) in [6.45, 7) is 2.18. The summed E-state index contributed by atoms with van der Waals surface area (Å²) in [4.78, 5) is 0. The lowest BCUT2D eigenvalue weighted by molar-refractivity contribution is -0.660. The van der Waals surface area contributed by atoms with E-state index in [0.29, 0.717) is 5.56 Å². The average Bonchev–Trinajstić information content (AvgIpc) is 3.22. The summed E-state index contributed by atoms with van der Waals surface area (Å²) in [5.41, 5.74) is 6.55. The number of hydrogen-bond donors (Lipinski definition) is 0. The maximum Gasteiger partial charge on any atom is 0.213 e. The lowest BCUT2D eigenvalue weighted by atomic mass is 9.95. The fraction of sp³-hybridized carbons (Fsp3) is 0.0667. The van der Waals surface area contributed by atoms with Crippen LogP contribution in [0.1, 0.15) is 11.1 Å². The first kappa shape index (κ1) is 19.7. The van der Waals surface area contributed by atoms with E-state index in [0.717, 1.165) is 11.1 Å². The van der Waals surface area contributed by atoms with Crippen LogP contribution in [0, 0.1) is 18.3 Å². The maximum absolute atomic E-state index is 9.99. The van der Waals surface area contributed by atoms with Gasteiger partial charge < -0.3 is 0 Å². The minimum absolute atomic E-state index is 0.716. The molecule has 3 heteroatoms. The molecule has 0 amide bonds. The molecule has 0 fully saturated rings. The second-order valence-corrected chi connectivity index (χ2v) is 9.49. The number of hydrogen-bond acceptors (Lipinski definition) is 2. The Balaban J connectivity index is 1.72. The molecule has 0 spiro atoms. The Bertz CT molecular complexity index is 1750. The van der Waals surface area contributed by atoms with Gasteiger partial charge in [0.1, 0.15) is 7.05 Å². The Morgan fingerprint density at radius 1 is 0.758 bits per heavy atom. The van der Waals surface area contributed by atoms with E-state index in [4.69, 9.17) is 0 Å². The van der Waals surface area contributed by atoms with Crippen LogP contribution in [0.25, 0.3) is 53.3 Å². The Kier molecular flexibility index (Phi) is 4.50. The number of nitrogens with zero attached hydrogens (tertiary/aromatic N) is 2. The molecule has 0 bridgehead atoms.